The van der Waals surface area contributed by atoms with Crippen molar-refractivity contribution in [3.63, 3.8) is 0 Å². The molecule has 0 atom stereocenters. The Balaban J connectivity index is 1.40. The number of carbonyl (C=O) groups is 2. The smallest absolute Gasteiger partial charge is 0.387 e. The van der Waals surface area contributed by atoms with E-state index in [1.807, 2.05) is 7.05 Å². The highest BCUT2D eigenvalue weighted by Crippen LogP contribution is 2.37. The molecule has 0 spiro atoms. The van der Waals surface area contributed by atoms with Gasteiger partial charge < -0.3 is 24.6 Å². The molecule has 228 valence electrons. The number of nitrogens with one attached hydrogen (secondary N) is 1. The number of methoxy groups -OCH3 is 1. The Hall–Kier alpha value is -4.14. The molecule has 0 aliphatic carbocycles. The number of likely N-dealkylation sites (tertiary alicyclic amines) is 1. The van der Waals surface area contributed by atoms with E-state index in [0.717, 1.165) is 19.4 Å². The number of halogens is 3. The number of carbonyl (C=O) groups excluding carboxylic acids is 2. The van der Waals surface area contributed by atoms with Crippen molar-refractivity contribution in [3.8, 4) is 17.0 Å². The average molecular weight is 617 g/mol. The molecule has 1 N–H and O–H groups in total. The molecule has 43 heavy (non-hydrogen) atoms. The highest BCUT2D eigenvalue weighted by molar-refractivity contribution is 6.31. The van der Waals surface area contributed by atoms with E-state index in [1.165, 1.54) is 46.0 Å². The predicted octanol–water partition coefficient (Wildman–Crippen LogP) is 3.67. The van der Waals surface area contributed by atoms with Gasteiger partial charge in [0.15, 0.2) is 5.65 Å². The average Bonchev–Trinajstić information content (AvgIpc) is 3.60. The lowest BCUT2D eigenvalue weighted by atomic mass is 10.0. The molecule has 4 heterocycles. The van der Waals surface area contributed by atoms with Crippen LogP contribution in [0.2, 0.25) is 5.02 Å². The second kappa shape index (κ2) is 13.4. The van der Waals surface area contributed by atoms with Crippen molar-refractivity contribution in [2.24, 2.45) is 0 Å². The number of ether oxygens (including phenoxy) is 2. The Kier molecular flexibility index (Phi) is 9.48. The van der Waals surface area contributed by atoms with Crippen molar-refractivity contribution >= 4 is 34.7 Å². The molecular formula is C28H31ClF2N8O4. The van der Waals surface area contributed by atoms with E-state index in [0.29, 0.717) is 31.4 Å². The van der Waals surface area contributed by atoms with Gasteiger partial charge in [0.05, 0.1) is 18.5 Å². The molecule has 0 radical (unpaired) electrons. The summed E-state index contributed by atoms with van der Waals surface area (Å²) in [4.78, 5) is 34.8. The van der Waals surface area contributed by atoms with Gasteiger partial charge in [-0.3, -0.25) is 14.3 Å². The first kappa shape index (κ1) is 30.3. The van der Waals surface area contributed by atoms with Gasteiger partial charge in [0.2, 0.25) is 5.91 Å². The van der Waals surface area contributed by atoms with E-state index in [2.05, 4.69) is 25.4 Å². The molecule has 15 heteroatoms. The lowest BCUT2D eigenvalue weighted by molar-refractivity contribution is -0.133. The zero-order valence-corrected chi connectivity index (χ0v) is 24.4. The third kappa shape index (κ3) is 7.09. The van der Waals surface area contributed by atoms with Crippen LogP contribution < -0.4 is 10.1 Å². The van der Waals surface area contributed by atoms with Crippen LogP contribution in [0, 0.1) is 0 Å². The minimum atomic E-state index is -3.11. The van der Waals surface area contributed by atoms with Crippen LogP contribution in [0.15, 0.2) is 49.1 Å². The number of hydrogen-bond acceptors (Lipinski definition) is 8. The van der Waals surface area contributed by atoms with E-state index in [9.17, 15) is 18.4 Å². The zero-order valence-electron chi connectivity index (χ0n) is 23.6. The van der Waals surface area contributed by atoms with Gasteiger partial charge in [-0.15, -0.1) is 0 Å². The molecule has 0 bridgehead atoms. The molecule has 3 aromatic heterocycles. The van der Waals surface area contributed by atoms with Crippen molar-refractivity contribution in [2.45, 2.75) is 32.0 Å². The first-order valence-corrected chi connectivity index (χ1v) is 14.0. The number of fused-ring (bicyclic) bond motifs is 1. The quantitative estimate of drug-likeness (QED) is 0.271. The van der Waals surface area contributed by atoms with Gasteiger partial charge >= 0.3 is 6.61 Å². The van der Waals surface area contributed by atoms with Gasteiger partial charge in [-0.05, 0) is 44.2 Å². The maximum absolute atomic E-state index is 13.3. The lowest BCUT2D eigenvalue weighted by Gasteiger charge is -2.36. The predicted molar refractivity (Wildman–Crippen MR) is 154 cm³/mol. The second-order valence-corrected chi connectivity index (χ2v) is 10.5. The Morgan fingerprint density at radius 3 is 2.79 bits per heavy atom. The van der Waals surface area contributed by atoms with Gasteiger partial charge in [0.25, 0.3) is 5.91 Å². The number of anilines is 1. The Morgan fingerprint density at radius 2 is 2.05 bits per heavy atom. The highest BCUT2D eigenvalue weighted by Gasteiger charge is 2.27. The van der Waals surface area contributed by atoms with E-state index < -0.39 is 12.5 Å². The number of benzene rings is 1. The first-order valence-electron chi connectivity index (χ1n) is 13.6. The fourth-order valence-electron chi connectivity index (χ4n) is 5.07. The molecule has 1 fully saturated rings. The second-order valence-electron chi connectivity index (χ2n) is 10.1. The minimum absolute atomic E-state index is 0.0993. The standard InChI is InChI=1S/C28H31ClF2N8O4/c1-36(12-13-42-2)19-6-10-37(11-7-19)24(40)17-38-16-22(34-27(41)21-15-33-39-9-3-8-32-26(21)39)25(35-38)20-14-18(29)4-5-23(20)43-28(30)31/h3-5,8-9,14-16,19,28H,6-7,10-13,17H2,1-2H3,(H,34,41). The Morgan fingerprint density at radius 1 is 1.26 bits per heavy atom. The van der Waals surface area contributed by atoms with Crippen LogP contribution in [0.25, 0.3) is 16.9 Å². The fraction of sp³-hybridized carbons (Fsp3) is 0.393. The number of nitrogens with zero attached hydrogens (tertiary/aromatic N) is 7. The third-order valence-electron chi connectivity index (χ3n) is 7.33. The Labute approximate surface area is 251 Å². The lowest BCUT2D eigenvalue weighted by Crippen LogP contribution is -2.47. The summed E-state index contributed by atoms with van der Waals surface area (Å²) < 4.78 is 39.2. The van der Waals surface area contributed by atoms with E-state index in [-0.39, 0.29) is 45.7 Å². The van der Waals surface area contributed by atoms with Gasteiger partial charge in [-0.25, -0.2) is 9.50 Å². The molecule has 0 unspecified atom stereocenters. The highest BCUT2D eigenvalue weighted by atomic mass is 35.5. The Bertz CT molecular complexity index is 1590. The molecule has 4 aromatic rings. The van der Waals surface area contributed by atoms with Crippen LogP contribution >= 0.6 is 11.6 Å². The van der Waals surface area contributed by atoms with Crippen LogP contribution in [0.4, 0.5) is 14.5 Å². The molecule has 1 saturated heterocycles. The van der Waals surface area contributed by atoms with Crippen molar-refractivity contribution in [1.82, 2.24) is 34.2 Å². The minimum Gasteiger partial charge on any atom is -0.434 e. The number of likely N-dealkylation sites (N-methyl/N-ethyl adjacent to an activating group) is 1. The summed E-state index contributed by atoms with van der Waals surface area (Å²) in [6.45, 7) is -0.617. The summed E-state index contributed by atoms with van der Waals surface area (Å²) in [5, 5.41) is 11.7. The number of amides is 2. The first-order chi connectivity index (χ1) is 20.7. The maximum atomic E-state index is 13.3. The molecule has 2 amide bonds. The normalized spacial score (nSPS) is 14.2. The molecule has 5 rings (SSSR count). The molecule has 1 aromatic carbocycles. The number of alkyl halides is 2. The monoisotopic (exact) mass is 616 g/mol. The summed E-state index contributed by atoms with van der Waals surface area (Å²) in [6, 6.07) is 6.13. The van der Waals surface area contributed by atoms with Crippen LogP contribution in [-0.4, -0.2) is 99.0 Å². The van der Waals surface area contributed by atoms with Crippen LogP contribution in [0.1, 0.15) is 23.2 Å². The van der Waals surface area contributed by atoms with Gasteiger partial charge in [-0.2, -0.15) is 19.0 Å². The van der Waals surface area contributed by atoms with Crippen LogP contribution in [0.5, 0.6) is 5.75 Å². The fourth-order valence-corrected chi connectivity index (χ4v) is 5.24. The summed E-state index contributed by atoms with van der Waals surface area (Å²) in [5.74, 6) is -0.908. The molecule has 1 aliphatic heterocycles. The van der Waals surface area contributed by atoms with Crippen LogP contribution in [0.3, 0.4) is 0 Å². The molecule has 0 saturated carbocycles. The van der Waals surface area contributed by atoms with Crippen molar-refractivity contribution < 1.29 is 27.8 Å². The van der Waals surface area contributed by atoms with E-state index in [1.54, 1.807) is 24.3 Å². The van der Waals surface area contributed by atoms with Gasteiger partial charge in [0.1, 0.15) is 23.6 Å². The number of aromatic nitrogens is 5. The van der Waals surface area contributed by atoms with Crippen molar-refractivity contribution in [3.05, 3.63) is 59.6 Å². The van der Waals surface area contributed by atoms with E-state index in [4.69, 9.17) is 21.1 Å². The van der Waals surface area contributed by atoms with Gasteiger partial charge in [0, 0.05) is 62.0 Å². The maximum Gasteiger partial charge on any atom is 0.387 e. The summed E-state index contributed by atoms with van der Waals surface area (Å²) in [5.41, 5.74) is 0.885. The van der Waals surface area contributed by atoms with E-state index >= 15 is 0 Å². The van der Waals surface area contributed by atoms with Crippen LogP contribution in [-0.2, 0) is 16.1 Å². The van der Waals surface area contributed by atoms with Gasteiger partial charge in [-0.1, -0.05) is 11.6 Å². The molecule has 1 aliphatic rings. The molecular weight excluding hydrogens is 586 g/mol. The number of rotatable bonds is 11. The largest absolute Gasteiger partial charge is 0.434 e. The number of piperidine rings is 1. The van der Waals surface area contributed by atoms with Crippen molar-refractivity contribution in [2.75, 3.05) is 45.7 Å². The zero-order chi connectivity index (χ0) is 30.5. The molecule has 12 nitrogen and oxygen atoms in total. The third-order valence-corrected chi connectivity index (χ3v) is 7.57. The summed E-state index contributed by atoms with van der Waals surface area (Å²) in [7, 11) is 3.72. The number of hydrogen-bond donors (Lipinski definition) is 1. The SMILES string of the molecule is COCCN(C)C1CCN(C(=O)Cn2cc(NC(=O)c3cnn4cccnc34)c(-c3cc(Cl)ccc3OC(F)F)n2)CC1. The van der Waals surface area contributed by atoms with Crippen molar-refractivity contribution in [1.29, 1.82) is 0 Å². The summed E-state index contributed by atoms with van der Waals surface area (Å²) >= 11 is 6.21. The topological polar surface area (TPSA) is 119 Å². The summed E-state index contributed by atoms with van der Waals surface area (Å²) in [6.07, 6.45) is 7.66.